The molecule has 2 aromatic carbocycles. The third kappa shape index (κ3) is 6.68. The lowest BCUT2D eigenvalue weighted by atomic mass is 9.97. The minimum absolute atomic E-state index is 0.195. The Bertz CT molecular complexity index is 979. The first-order chi connectivity index (χ1) is 14.4. The second-order valence-corrected chi connectivity index (χ2v) is 7.06. The summed E-state index contributed by atoms with van der Waals surface area (Å²) in [4.78, 5) is 17.5. The van der Waals surface area contributed by atoms with Crippen LogP contribution in [0.25, 0.3) is 11.3 Å². The molecule has 0 heterocycles. The zero-order valence-corrected chi connectivity index (χ0v) is 18.8. The van der Waals surface area contributed by atoms with Gasteiger partial charge < -0.3 is 14.8 Å². The largest absolute Gasteiger partial charge is 0.506 e. The van der Waals surface area contributed by atoms with Crippen molar-refractivity contribution < 1.29 is 14.6 Å². The number of aliphatic hydroxyl groups is 1. The molecule has 0 radical (unpaired) electrons. The van der Waals surface area contributed by atoms with Crippen LogP contribution in [-0.4, -0.2) is 31.4 Å². The van der Waals surface area contributed by atoms with Crippen molar-refractivity contribution in [3.63, 3.8) is 0 Å². The molecule has 2 rings (SSSR count). The molecule has 0 fully saturated rings. The van der Waals surface area contributed by atoms with Gasteiger partial charge in [0.15, 0.2) is 5.57 Å². The van der Waals surface area contributed by atoms with Gasteiger partial charge in [-0.25, -0.2) is 4.79 Å². The van der Waals surface area contributed by atoms with E-state index in [9.17, 15) is 9.90 Å². The van der Waals surface area contributed by atoms with Gasteiger partial charge in [-0.3, -0.25) is 0 Å². The first-order valence-electron chi connectivity index (χ1n) is 9.29. The van der Waals surface area contributed by atoms with Crippen molar-refractivity contribution in [2.45, 2.75) is 30.6 Å². The number of allylic oxidation sites excluding steroid dienone is 2. The van der Waals surface area contributed by atoms with E-state index in [0.717, 1.165) is 20.9 Å². The summed E-state index contributed by atoms with van der Waals surface area (Å²) in [5, 5.41) is 10.7. The van der Waals surface area contributed by atoms with Gasteiger partial charge in [-0.2, -0.15) is 0 Å². The monoisotopic (exact) mass is 421 g/mol. The fourth-order valence-corrected chi connectivity index (χ4v) is 3.51. The van der Waals surface area contributed by atoms with Gasteiger partial charge in [-0.1, -0.05) is 54.1 Å². The molecule has 30 heavy (non-hydrogen) atoms. The number of ether oxygens (including phenoxy) is 1. The van der Waals surface area contributed by atoms with Gasteiger partial charge in [0.25, 0.3) is 0 Å². The number of carbonyl (C=O) groups is 1. The van der Waals surface area contributed by atoms with Crippen LogP contribution in [0, 0.1) is 12.3 Å². The Kier molecular flexibility index (Phi) is 10.8. The highest BCUT2D eigenvalue weighted by molar-refractivity contribution is 7.99. The highest BCUT2D eigenvalue weighted by Gasteiger charge is 2.20. The van der Waals surface area contributed by atoms with Crippen LogP contribution in [0.5, 0.6) is 0 Å². The zero-order valence-electron chi connectivity index (χ0n) is 18.0. The van der Waals surface area contributed by atoms with Gasteiger partial charge in [0.2, 0.25) is 0 Å². The summed E-state index contributed by atoms with van der Waals surface area (Å²) in [5.41, 5.74) is 2.10. The molecular formula is C25H27NO3S. The molecule has 2 aromatic rings. The Balaban J connectivity index is 0.00000103. The van der Waals surface area contributed by atoms with Crippen LogP contribution >= 0.6 is 11.8 Å². The molecule has 5 heteroatoms. The number of hydrogen-bond donors (Lipinski definition) is 1. The van der Waals surface area contributed by atoms with E-state index in [1.165, 1.54) is 7.11 Å². The lowest BCUT2D eigenvalue weighted by Crippen LogP contribution is -2.07. The summed E-state index contributed by atoms with van der Waals surface area (Å²) in [6.45, 7) is 5.76. The first-order valence-corrected chi connectivity index (χ1v) is 10.1. The van der Waals surface area contributed by atoms with Crippen molar-refractivity contribution in [3.05, 3.63) is 71.3 Å². The second-order valence-electron chi connectivity index (χ2n) is 5.94. The molecule has 1 N–H and O–H groups in total. The molecule has 156 valence electrons. The highest BCUT2D eigenvalue weighted by atomic mass is 32.2. The molecule has 0 amide bonds. The normalized spacial score (nSPS) is 11.8. The van der Waals surface area contributed by atoms with Crippen molar-refractivity contribution in [2.24, 2.45) is 4.99 Å². The number of carbonyl (C=O) groups excluding carboxylic acids is 1. The molecule has 0 saturated carbocycles. The fraction of sp³-hybridized carbons (Fsp3) is 0.200. The molecule has 4 nitrogen and oxygen atoms in total. The summed E-state index contributed by atoms with van der Waals surface area (Å²) in [6.07, 6.45) is 9.12. The molecular weight excluding hydrogens is 394 g/mol. The van der Waals surface area contributed by atoms with E-state index in [-0.39, 0.29) is 11.3 Å². The summed E-state index contributed by atoms with van der Waals surface area (Å²) < 4.78 is 4.68. The van der Waals surface area contributed by atoms with E-state index in [4.69, 9.17) is 6.42 Å². The average Bonchev–Trinajstić information content (AvgIpc) is 2.79. The number of hydrogen-bond acceptors (Lipinski definition) is 5. The van der Waals surface area contributed by atoms with Crippen molar-refractivity contribution in [2.75, 3.05) is 14.2 Å². The maximum Gasteiger partial charge on any atom is 0.350 e. The molecule has 0 atom stereocenters. The fourth-order valence-electron chi connectivity index (χ4n) is 2.44. The topological polar surface area (TPSA) is 58.9 Å². The zero-order chi connectivity index (χ0) is 22.5. The van der Waals surface area contributed by atoms with Crippen LogP contribution in [0.3, 0.4) is 0 Å². The van der Waals surface area contributed by atoms with E-state index in [1.807, 2.05) is 69.3 Å². The van der Waals surface area contributed by atoms with Crippen molar-refractivity contribution in [3.8, 4) is 12.3 Å². The van der Waals surface area contributed by atoms with Crippen LogP contribution in [0.15, 0.2) is 75.0 Å². The average molecular weight is 422 g/mol. The standard InChI is InChI=1S/C22H20O3S.C3H7N/c1-5-15(3)20-18(21(23)17(6-2)22(24)25-4)13-10-14-19(20)26-16-11-8-7-9-12-16;1-3-4-2/h2,5,7-14,23H,1,3-4H3;3H,1-2H3/b15-5-,21-17-;. The third-order valence-electron chi connectivity index (χ3n) is 4.11. The quantitative estimate of drug-likeness (QED) is 0.210. The molecule has 0 aliphatic heterocycles. The molecule has 0 aliphatic carbocycles. The number of terminal acetylenes is 1. The van der Waals surface area contributed by atoms with Crippen molar-refractivity contribution in [1.29, 1.82) is 0 Å². The number of aliphatic imine (C=N–C) groups is 1. The lowest BCUT2D eigenvalue weighted by molar-refractivity contribution is -0.135. The molecule has 0 spiro atoms. The van der Waals surface area contributed by atoms with Crippen LogP contribution in [0.2, 0.25) is 0 Å². The minimum atomic E-state index is -0.741. The van der Waals surface area contributed by atoms with Gasteiger partial charge in [-0.05, 0) is 50.8 Å². The Morgan fingerprint density at radius 1 is 1.17 bits per heavy atom. The Hall–Kier alpha value is -3.23. The summed E-state index contributed by atoms with van der Waals surface area (Å²) in [7, 11) is 2.98. The maximum absolute atomic E-state index is 11.9. The molecule has 0 aromatic heterocycles. The predicted molar refractivity (Wildman–Crippen MR) is 127 cm³/mol. The van der Waals surface area contributed by atoms with Crippen molar-refractivity contribution >= 4 is 35.3 Å². The van der Waals surface area contributed by atoms with Gasteiger partial charge in [0.1, 0.15) is 5.76 Å². The minimum Gasteiger partial charge on any atom is -0.506 e. The number of nitrogens with zero attached hydrogens (tertiary/aromatic N) is 1. The highest BCUT2D eigenvalue weighted by Crippen LogP contribution is 2.38. The number of rotatable bonds is 5. The van der Waals surface area contributed by atoms with Gasteiger partial charge in [0.05, 0.1) is 7.11 Å². The number of benzene rings is 2. The van der Waals surface area contributed by atoms with E-state index >= 15 is 0 Å². The first kappa shape index (κ1) is 24.8. The van der Waals surface area contributed by atoms with Crippen LogP contribution < -0.4 is 0 Å². The van der Waals surface area contributed by atoms with Crippen LogP contribution in [0.1, 0.15) is 31.9 Å². The Morgan fingerprint density at radius 2 is 1.80 bits per heavy atom. The van der Waals surface area contributed by atoms with Crippen molar-refractivity contribution in [1.82, 2.24) is 0 Å². The van der Waals surface area contributed by atoms with E-state index in [1.54, 1.807) is 31.1 Å². The van der Waals surface area contributed by atoms with E-state index in [0.29, 0.717) is 5.56 Å². The Labute approximate surface area is 183 Å². The molecule has 0 saturated heterocycles. The lowest BCUT2D eigenvalue weighted by Gasteiger charge is -2.16. The second kappa shape index (κ2) is 13.1. The smallest absolute Gasteiger partial charge is 0.350 e. The summed E-state index contributed by atoms with van der Waals surface area (Å²) >= 11 is 1.58. The predicted octanol–water partition coefficient (Wildman–Crippen LogP) is 6.04. The maximum atomic E-state index is 11.9. The number of aliphatic hydroxyl groups excluding tert-OH is 1. The van der Waals surface area contributed by atoms with Gasteiger partial charge >= 0.3 is 5.97 Å². The van der Waals surface area contributed by atoms with E-state index < -0.39 is 5.97 Å². The van der Waals surface area contributed by atoms with Gasteiger partial charge in [0, 0.05) is 28.0 Å². The number of methoxy groups -OCH3 is 1. The third-order valence-corrected chi connectivity index (χ3v) is 5.18. The SMILES string of the molecule is C#C/C(C(=O)OC)=C(/O)c1cccc(Sc2ccccc2)c1/C(C)=C\C.CC=NC. The van der Waals surface area contributed by atoms with E-state index in [2.05, 4.69) is 15.6 Å². The Morgan fingerprint density at radius 3 is 2.30 bits per heavy atom. The van der Waals surface area contributed by atoms with Gasteiger partial charge in [-0.15, -0.1) is 6.42 Å². The number of esters is 1. The molecule has 0 bridgehead atoms. The summed E-state index contributed by atoms with van der Waals surface area (Å²) in [5.74, 6) is 1.23. The molecule has 0 aliphatic rings. The summed E-state index contributed by atoms with van der Waals surface area (Å²) in [6, 6.07) is 15.5. The van der Waals surface area contributed by atoms with Crippen LogP contribution in [0.4, 0.5) is 0 Å². The molecule has 0 unspecified atom stereocenters. The van der Waals surface area contributed by atoms with Crippen LogP contribution in [-0.2, 0) is 9.53 Å².